The van der Waals surface area contributed by atoms with Crippen LogP contribution < -0.4 is 0 Å². The van der Waals surface area contributed by atoms with Crippen molar-refractivity contribution in [3.05, 3.63) is 0 Å². The van der Waals surface area contributed by atoms with Crippen LogP contribution in [0.4, 0.5) is 0 Å². The molecule has 2 aliphatic carbocycles. The van der Waals surface area contributed by atoms with Crippen LogP contribution in [0.25, 0.3) is 0 Å². The molecule has 0 N–H and O–H groups in total. The van der Waals surface area contributed by atoms with E-state index in [0.717, 1.165) is 43.8 Å². The number of hydrogen-bond acceptors (Lipinski definition) is 2. The number of rotatable bonds is 11. The molecule has 2 rings (SSSR count). The Labute approximate surface area is 151 Å². The largest absolute Gasteiger partial charge is 0.385 e. The zero-order valence-electron chi connectivity index (χ0n) is 16.4. The van der Waals surface area contributed by atoms with Gasteiger partial charge in [-0.25, -0.2) is 0 Å². The Morgan fingerprint density at radius 3 is 1.96 bits per heavy atom. The van der Waals surface area contributed by atoms with Gasteiger partial charge in [0.2, 0.25) is 0 Å². The van der Waals surface area contributed by atoms with Crippen molar-refractivity contribution in [1.29, 1.82) is 0 Å². The number of ether oxygens (including phenoxy) is 2. The zero-order chi connectivity index (χ0) is 17.0. The lowest BCUT2D eigenvalue weighted by Gasteiger charge is -2.38. The smallest absolute Gasteiger partial charge is 0.0575 e. The first kappa shape index (κ1) is 20.2. The number of unbranched alkanes of at least 4 members (excludes halogenated alkanes) is 3. The third-order valence-corrected chi connectivity index (χ3v) is 6.59. The molecule has 2 saturated carbocycles. The van der Waals surface area contributed by atoms with Gasteiger partial charge in [0.25, 0.3) is 0 Å². The van der Waals surface area contributed by atoms with Crippen LogP contribution in [0.15, 0.2) is 0 Å². The summed E-state index contributed by atoms with van der Waals surface area (Å²) >= 11 is 0. The van der Waals surface area contributed by atoms with Crippen LogP contribution >= 0.6 is 0 Å². The van der Waals surface area contributed by atoms with Gasteiger partial charge < -0.3 is 9.47 Å². The summed E-state index contributed by atoms with van der Waals surface area (Å²) in [6.07, 6.45) is 20.2. The first-order valence-electron chi connectivity index (χ1n) is 10.9. The Bertz CT molecular complexity index is 288. The molecule has 0 amide bonds. The average Bonchev–Trinajstić information content (AvgIpc) is 2.63. The Hall–Kier alpha value is -0.0800. The van der Waals surface area contributed by atoms with Crippen LogP contribution in [0.1, 0.15) is 96.8 Å². The lowest BCUT2D eigenvalue weighted by molar-refractivity contribution is 0.00377. The van der Waals surface area contributed by atoms with Gasteiger partial charge in [-0.05, 0) is 69.1 Å². The van der Waals surface area contributed by atoms with Gasteiger partial charge in [0.1, 0.15) is 0 Å². The fourth-order valence-corrected chi connectivity index (χ4v) is 4.96. The van der Waals surface area contributed by atoms with Crippen LogP contribution in [-0.2, 0) is 9.47 Å². The van der Waals surface area contributed by atoms with E-state index < -0.39 is 0 Å². The van der Waals surface area contributed by atoms with Crippen molar-refractivity contribution in [2.75, 3.05) is 20.3 Å². The molecule has 0 saturated heterocycles. The molecule has 2 aliphatic rings. The summed E-state index contributed by atoms with van der Waals surface area (Å²) in [7, 11) is 1.78. The van der Waals surface area contributed by atoms with E-state index in [4.69, 9.17) is 9.47 Å². The maximum Gasteiger partial charge on any atom is 0.0575 e. The summed E-state index contributed by atoms with van der Waals surface area (Å²) < 4.78 is 11.2. The van der Waals surface area contributed by atoms with Gasteiger partial charge in [-0.1, -0.05) is 45.4 Å². The molecule has 2 nitrogen and oxygen atoms in total. The molecule has 0 aromatic rings. The molecule has 0 spiro atoms. The summed E-state index contributed by atoms with van der Waals surface area (Å²) in [5, 5.41) is 0. The van der Waals surface area contributed by atoms with E-state index in [1.54, 1.807) is 7.11 Å². The molecular weight excluding hydrogens is 296 g/mol. The molecule has 0 radical (unpaired) electrons. The van der Waals surface area contributed by atoms with Crippen LogP contribution in [-0.4, -0.2) is 26.4 Å². The second-order valence-corrected chi connectivity index (χ2v) is 8.38. The zero-order valence-corrected chi connectivity index (χ0v) is 16.4. The highest BCUT2D eigenvalue weighted by Crippen LogP contribution is 2.41. The highest BCUT2D eigenvalue weighted by Gasteiger charge is 2.30. The molecule has 0 aromatic heterocycles. The SMILES string of the molecule is CCCCCC1CCC(C2CCC(OCCCCOC)CC2)CC1. The minimum Gasteiger partial charge on any atom is -0.385 e. The lowest BCUT2D eigenvalue weighted by Crippen LogP contribution is -2.28. The monoisotopic (exact) mass is 338 g/mol. The molecular formula is C22H42O2. The van der Waals surface area contributed by atoms with Crippen molar-refractivity contribution in [3.8, 4) is 0 Å². The van der Waals surface area contributed by atoms with E-state index in [2.05, 4.69) is 6.92 Å². The molecule has 2 heteroatoms. The molecule has 0 heterocycles. The topological polar surface area (TPSA) is 18.5 Å². The Morgan fingerprint density at radius 1 is 0.708 bits per heavy atom. The third-order valence-electron chi connectivity index (χ3n) is 6.59. The molecule has 0 atom stereocenters. The van der Waals surface area contributed by atoms with Crippen molar-refractivity contribution in [2.45, 2.75) is 103 Å². The van der Waals surface area contributed by atoms with Crippen LogP contribution in [0.3, 0.4) is 0 Å². The summed E-state index contributed by atoms with van der Waals surface area (Å²) in [4.78, 5) is 0. The van der Waals surface area contributed by atoms with Crippen LogP contribution in [0.5, 0.6) is 0 Å². The molecule has 0 unspecified atom stereocenters. The maximum absolute atomic E-state index is 6.08. The fourth-order valence-electron chi connectivity index (χ4n) is 4.96. The molecule has 24 heavy (non-hydrogen) atoms. The van der Waals surface area contributed by atoms with Crippen LogP contribution in [0.2, 0.25) is 0 Å². The highest BCUT2D eigenvalue weighted by molar-refractivity contribution is 4.82. The van der Waals surface area contributed by atoms with Gasteiger partial charge in [0.05, 0.1) is 6.10 Å². The lowest BCUT2D eigenvalue weighted by atomic mass is 9.70. The summed E-state index contributed by atoms with van der Waals surface area (Å²) in [6.45, 7) is 4.12. The highest BCUT2D eigenvalue weighted by atomic mass is 16.5. The second kappa shape index (κ2) is 12.3. The standard InChI is InChI=1S/C22H42O2/c1-3-4-5-8-19-9-11-20(12-10-19)21-13-15-22(16-14-21)24-18-7-6-17-23-2/h19-22H,3-18H2,1-2H3. The van der Waals surface area contributed by atoms with E-state index in [9.17, 15) is 0 Å². The van der Waals surface area contributed by atoms with Crippen molar-refractivity contribution < 1.29 is 9.47 Å². The third kappa shape index (κ3) is 7.44. The fraction of sp³-hybridized carbons (Fsp3) is 1.00. The van der Waals surface area contributed by atoms with E-state index in [1.807, 2.05) is 0 Å². The van der Waals surface area contributed by atoms with Gasteiger partial charge in [-0.3, -0.25) is 0 Å². The average molecular weight is 339 g/mol. The minimum absolute atomic E-state index is 0.550. The molecule has 2 fully saturated rings. The predicted molar refractivity (Wildman–Crippen MR) is 102 cm³/mol. The van der Waals surface area contributed by atoms with Gasteiger partial charge in [-0.15, -0.1) is 0 Å². The first-order valence-corrected chi connectivity index (χ1v) is 10.9. The quantitative estimate of drug-likeness (QED) is 0.407. The van der Waals surface area contributed by atoms with E-state index >= 15 is 0 Å². The maximum atomic E-state index is 6.08. The molecule has 142 valence electrons. The number of methoxy groups -OCH3 is 1. The predicted octanol–water partition coefficient (Wildman–Crippen LogP) is 6.38. The van der Waals surface area contributed by atoms with Gasteiger partial charge >= 0.3 is 0 Å². The Kier molecular flexibility index (Phi) is 10.4. The first-order chi connectivity index (χ1) is 11.8. The van der Waals surface area contributed by atoms with Crippen molar-refractivity contribution in [2.24, 2.45) is 17.8 Å². The van der Waals surface area contributed by atoms with Gasteiger partial charge in [0.15, 0.2) is 0 Å². The van der Waals surface area contributed by atoms with Crippen LogP contribution in [0, 0.1) is 17.8 Å². The summed E-state index contributed by atoms with van der Waals surface area (Å²) in [6, 6.07) is 0. The molecule has 0 aliphatic heterocycles. The van der Waals surface area contributed by atoms with Crippen molar-refractivity contribution in [3.63, 3.8) is 0 Å². The van der Waals surface area contributed by atoms with Gasteiger partial charge in [-0.2, -0.15) is 0 Å². The number of hydrogen-bond donors (Lipinski definition) is 0. The minimum atomic E-state index is 0.550. The Morgan fingerprint density at radius 2 is 1.33 bits per heavy atom. The van der Waals surface area contributed by atoms with E-state index in [-0.39, 0.29) is 0 Å². The van der Waals surface area contributed by atoms with Crippen molar-refractivity contribution in [1.82, 2.24) is 0 Å². The van der Waals surface area contributed by atoms with Crippen molar-refractivity contribution >= 4 is 0 Å². The second-order valence-electron chi connectivity index (χ2n) is 8.38. The van der Waals surface area contributed by atoms with Gasteiger partial charge in [0, 0.05) is 20.3 Å². The van der Waals surface area contributed by atoms with E-state index in [0.29, 0.717) is 6.10 Å². The summed E-state index contributed by atoms with van der Waals surface area (Å²) in [5.41, 5.74) is 0. The summed E-state index contributed by atoms with van der Waals surface area (Å²) in [5.74, 6) is 3.10. The normalized spacial score (nSPS) is 31.2. The Balaban J connectivity index is 1.53. The molecule has 0 aromatic carbocycles. The van der Waals surface area contributed by atoms with E-state index in [1.165, 1.54) is 77.0 Å². The molecule has 0 bridgehead atoms.